The van der Waals surface area contributed by atoms with Crippen molar-refractivity contribution in [2.45, 2.75) is 25.9 Å². The number of benzene rings is 2. The molecule has 0 saturated heterocycles. The molecule has 1 heterocycles. The van der Waals surface area contributed by atoms with Crippen molar-refractivity contribution in [3.8, 4) is 5.75 Å². The summed E-state index contributed by atoms with van der Waals surface area (Å²) in [5.41, 5.74) is 3.16. The maximum atomic E-state index is 12.4. The second-order valence-electron chi connectivity index (χ2n) is 7.42. The minimum atomic E-state index is -0.547. The van der Waals surface area contributed by atoms with Crippen LogP contribution in [0.25, 0.3) is 0 Å². The quantitative estimate of drug-likeness (QED) is 0.246. The van der Waals surface area contributed by atoms with E-state index in [0.717, 1.165) is 28.9 Å². The molecule has 0 unspecified atom stereocenters. The number of nitrogens with zero attached hydrogens (tertiary/aromatic N) is 2. The van der Waals surface area contributed by atoms with Crippen molar-refractivity contribution in [1.82, 2.24) is 9.97 Å². The van der Waals surface area contributed by atoms with Crippen LogP contribution in [0.1, 0.15) is 28.7 Å². The molecule has 9 nitrogen and oxygen atoms in total. The summed E-state index contributed by atoms with van der Waals surface area (Å²) in [6.07, 6.45) is 0. The number of hydrogen-bond donors (Lipinski definition) is 2. The molecular weight excluding hydrogens is 468 g/mol. The first-order valence-corrected chi connectivity index (χ1v) is 11.9. The third-order valence-corrected chi connectivity index (χ3v) is 5.32. The highest BCUT2D eigenvalue weighted by atomic mass is 32.2. The summed E-state index contributed by atoms with van der Waals surface area (Å²) in [7, 11) is 0. The van der Waals surface area contributed by atoms with Crippen molar-refractivity contribution in [2.24, 2.45) is 0 Å². The number of amides is 2. The number of rotatable bonds is 10. The molecule has 2 N–H and O–H groups in total. The summed E-state index contributed by atoms with van der Waals surface area (Å²) in [5.74, 6) is -0.600. The van der Waals surface area contributed by atoms with Gasteiger partial charge in [0, 0.05) is 28.3 Å². The van der Waals surface area contributed by atoms with Crippen LogP contribution in [0.3, 0.4) is 0 Å². The molecule has 0 aliphatic heterocycles. The fraction of sp³-hybridized carbons (Fsp3) is 0.240. The van der Waals surface area contributed by atoms with Crippen LogP contribution in [0, 0.1) is 13.8 Å². The van der Waals surface area contributed by atoms with Gasteiger partial charge in [-0.1, -0.05) is 11.8 Å². The molecule has 0 aliphatic rings. The Hall–Kier alpha value is -3.92. The smallest absolute Gasteiger partial charge is 0.316 e. The fourth-order valence-corrected chi connectivity index (χ4v) is 3.72. The van der Waals surface area contributed by atoms with Crippen LogP contribution in [0.2, 0.25) is 0 Å². The molecule has 35 heavy (non-hydrogen) atoms. The van der Waals surface area contributed by atoms with Gasteiger partial charge in [-0.15, -0.1) is 0 Å². The average molecular weight is 495 g/mol. The van der Waals surface area contributed by atoms with E-state index < -0.39 is 18.5 Å². The lowest BCUT2D eigenvalue weighted by Gasteiger charge is -2.09. The Labute approximate surface area is 207 Å². The molecule has 10 heteroatoms. The largest absolute Gasteiger partial charge is 0.494 e. The molecule has 2 aromatic carbocycles. The summed E-state index contributed by atoms with van der Waals surface area (Å²) in [5, 5.41) is 5.91. The Morgan fingerprint density at radius 1 is 0.886 bits per heavy atom. The highest BCUT2D eigenvalue weighted by molar-refractivity contribution is 7.99. The molecule has 0 radical (unpaired) electrons. The number of carbonyl (C=O) groups is 3. The predicted molar refractivity (Wildman–Crippen MR) is 134 cm³/mol. The second kappa shape index (κ2) is 12.5. The number of carbonyl (C=O) groups excluding carboxylic acids is 3. The van der Waals surface area contributed by atoms with Crippen LogP contribution < -0.4 is 15.4 Å². The summed E-state index contributed by atoms with van der Waals surface area (Å²) >= 11 is 1.15. The summed E-state index contributed by atoms with van der Waals surface area (Å²) in [6, 6.07) is 15.3. The van der Waals surface area contributed by atoms with E-state index in [2.05, 4.69) is 20.6 Å². The van der Waals surface area contributed by atoms with Gasteiger partial charge in [-0.05, 0) is 75.4 Å². The molecular formula is C25H26N4O5S. The number of aromatic nitrogens is 2. The van der Waals surface area contributed by atoms with Crippen molar-refractivity contribution in [3.63, 3.8) is 0 Å². The Bertz CT molecular complexity index is 1160. The Morgan fingerprint density at radius 3 is 2.11 bits per heavy atom. The number of aryl methyl sites for hydroxylation is 2. The van der Waals surface area contributed by atoms with E-state index in [4.69, 9.17) is 9.47 Å². The van der Waals surface area contributed by atoms with Gasteiger partial charge in [-0.25, -0.2) is 9.97 Å². The van der Waals surface area contributed by atoms with Gasteiger partial charge in [0.25, 0.3) is 11.8 Å². The minimum absolute atomic E-state index is 0.00562. The second-order valence-corrected chi connectivity index (χ2v) is 8.36. The van der Waals surface area contributed by atoms with Gasteiger partial charge in [-0.2, -0.15) is 0 Å². The fourth-order valence-electron chi connectivity index (χ4n) is 2.98. The van der Waals surface area contributed by atoms with Gasteiger partial charge in [-0.3, -0.25) is 14.4 Å². The highest BCUT2D eigenvalue weighted by Crippen LogP contribution is 2.17. The first kappa shape index (κ1) is 25.7. The molecule has 1 aromatic heterocycles. The third kappa shape index (κ3) is 8.42. The van der Waals surface area contributed by atoms with Crippen molar-refractivity contribution in [1.29, 1.82) is 0 Å². The van der Waals surface area contributed by atoms with Gasteiger partial charge in [0.15, 0.2) is 11.8 Å². The van der Waals surface area contributed by atoms with E-state index in [1.54, 1.807) is 48.5 Å². The molecule has 2 amide bonds. The average Bonchev–Trinajstić information content (AvgIpc) is 2.83. The van der Waals surface area contributed by atoms with Gasteiger partial charge in [0.1, 0.15) is 5.75 Å². The van der Waals surface area contributed by atoms with E-state index in [1.165, 1.54) is 0 Å². The molecule has 3 aromatic rings. The summed E-state index contributed by atoms with van der Waals surface area (Å²) < 4.78 is 10.4. The lowest BCUT2D eigenvalue weighted by Crippen LogP contribution is -2.21. The summed E-state index contributed by atoms with van der Waals surface area (Å²) in [6.45, 7) is 5.74. The van der Waals surface area contributed by atoms with E-state index in [-0.39, 0.29) is 11.7 Å². The Morgan fingerprint density at radius 2 is 1.49 bits per heavy atom. The van der Waals surface area contributed by atoms with Crippen LogP contribution in [-0.2, 0) is 14.3 Å². The van der Waals surface area contributed by atoms with Crippen LogP contribution in [-0.4, -0.2) is 46.7 Å². The molecule has 0 spiro atoms. The third-order valence-electron chi connectivity index (χ3n) is 4.50. The molecule has 0 saturated carbocycles. The molecule has 0 atom stereocenters. The van der Waals surface area contributed by atoms with E-state index in [0.29, 0.717) is 28.7 Å². The molecule has 0 fully saturated rings. The Balaban J connectivity index is 1.42. The van der Waals surface area contributed by atoms with Gasteiger partial charge in [0.2, 0.25) is 0 Å². The van der Waals surface area contributed by atoms with Crippen molar-refractivity contribution >= 4 is 40.9 Å². The van der Waals surface area contributed by atoms with Crippen molar-refractivity contribution < 1.29 is 23.9 Å². The van der Waals surface area contributed by atoms with E-state index in [9.17, 15) is 14.4 Å². The first-order valence-electron chi connectivity index (χ1n) is 10.9. The standard InChI is InChI=1S/C25H26N4O5S/c1-4-33-21-11-9-20(10-12-21)29-24(32)18-5-7-19(8-6-18)28-22(30)14-34-23(31)15-35-25-26-16(2)13-17(3)27-25/h5-13H,4,14-15H2,1-3H3,(H,28,30)(H,29,32). The highest BCUT2D eigenvalue weighted by Gasteiger charge is 2.11. The zero-order chi connectivity index (χ0) is 25.2. The number of hydrogen-bond acceptors (Lipinski definition) is 8. The maximum Gasteiger partial charge on any atom is 0.316 e. The minimum Gasteiger partial charge on any atom is -0.494 e. The molecule has 3 rings (SSSR count). The normalized spacial score (nSPS) is 10.4. The van der Waals surface area contributed by atoms with Gasteiger partial charge >= 0.3 is 5.97 Å². The van der Waals surface area contributed by atoms with Crippen molar-refractivity contribution in [3.05, 3.63) is 71.5 Å². The molecule has 0 bridgehead atoms. The monoisotopic (exact) mass is 494 g/mol. The number of esters is 1. The zero-order valence-corrected chi connectivity index (χ0v) is 20.5. The first-order chi connectivity index (χ1) is 16.8. The maximum absolute atomic E-state index is 12.4. The van der Waals surface area contributed by atoms with Crippen LogP contribution >= 0.6 is 11.8 Å². The van der Waals surface area contributed by atoms with Crippen LogP contribution in [0.15, 0.2) is 59.8 Å². The number of anilines is 2. The lowest BCUT2D eigenvalue weighted by molar-refractivity contribution is -0.144. The number of nitrogens with one attached hydrogen (secondary N) is 2. The van der Waals surface area contributed by atoms with E-state index >= 15 is 0 Å². The molecule has 0 aliphatic carbocycles. The predicted octanol–water partition coefficient (Wildman–Crippen LogP) is 4.02. The SMILES string of the molecule is CCOc1ccc(NC(=O)c2ccc(NC(=O)COC(=O)CSc3nc(C)cc(C)n3)cc2)cc1. The summed E-state index contributed by atoms with van der Waals surface area (Å²) in [4.78, 5) is 45.0. The van der Waals surface area contributed by atoms with Crippen LogP contribution in [0.5, 0.6) is 5.75 Å². The lowest BCUT2D eigenvalue weighted by atomic mass is 10.2. The van der Waals surface area contributed by atoms with Crippen molar-refractivity contribution in [2.75, 3.05) is 29.6 Å². The Kier molecular flexibility index (Phi) is 9.19. The topological polar surface area (TPSA) is 120 Å². The number of thioether (sulfide) groups is 1. The van der Waals surface area contributed by atoms with E-state index in [1.807, 2.05) is 26.8 Å². The zero-order valence-electron chi connectivity index (χ0n) is 19.7. The number of ether oxygens (including phenoxy) is 2. The van der Waals surface area contributed by atoms with Crippen LogP contribution in [0.4, 0.5) is 11.4 Å². The molecule has 182 valence electrons. The van der Waals surface area contributed by atoms with Gasteiger partial charge in [0.05, 0.1) is 12.4 Å². The van der Waals surface area contributed by atoms with Gasteiger partial charge < -0.3 is 20.1 Å².